The van der Waals surface area contributed by atoms with Crippen molar-refractivity contribution in [3.63, 3.8) is 0 Å². The van der Waals surface area contributed by atoms with Gasteiger partial charge in [-0.2, -0.15) is 0 Å². The van der Waals surface area contributed by atoms with Crippen LogP contribution in [-0.4, -0.2) is 20.4 Å². The van der Waals surface area contributed by atoms with E-state index in [9.17, 15) is 0 Å². The fourth-order valence-electron chi connectivity index (χ4n) is 3.21. The van der Waals surface area contributed by atoms with Crippen molar-refractivity contribution in [2.24, 2.45) is 0 Å². The van der Waals surface area contributed by atoms with Gasteiger partial charge in [-0.05, 0) is 66.7 Å². The van der Waals surface area contributed by atoms with Gasteiger partial charge in [0.2, 0.25) is 0 Å². The molecule has 1 aromatic heterocycles. The largest absolute Gasteiger partial charge is 0.497 e. The normalized spacial score (nSPS) is 18.5. The molecule has 0 radical (unpaired) electrons. The number of nitrogens with zero attached hydrogens (tertiary/aromatic N) is 1. The average molecular weight is 344 g/mol. The third kappa shape index (κ3) is 3.09. The van der Waals surface area contributed by atoms with E-state index in [-0.39, 0.29) is 11.1 Å². The first-order valence-corrected chi connectivity index (χ1v) is 11.8. The van der Waals surface area contributed by atoms with E-state index in [4.69, 9.17) is 9.16 Å². The lowest BCUT2D eigenvalue weighted by atomic mass is 9.88. The van der Waals surface area contributed by atoms with Gasteiger partial charge in [-0.1, -0.05) is 20.8 Å². The zero-order chi connectivity index (χ0) is 17.5. The number of ether oxygens (including phenoxy) is 1. The lowest BCUT2D eigenvalue weighted by molar-refractivity contribution is 0.164. The summed E-state index contributed by atoms with van der Waals surface area (Å²) in [6, 6.07) is 6.15. The second-order valence-electron chi connectivity index (χ2n) is 8.34. The number of pyridine rings is 1. The fourth-order valence-corrected chi connectivity index (χ4v) is 4.51. The maximum atomic E-state index is 6.82. The monoisotopic (exact) mass is 343 g/mol. The van der Waals surface area contributed by atoms with Crippen LogP contribution in [0.15, 0.2) is 24.4 Å². The van der Waals surface area contributed by atoms with E-state index in [1.54, 1.807) is 7.11 Å². The van der Waals surface area contributed by atoms with Crippen molar-refractivity contribution in [2.75, 3.05) is 7.11 Å². The maximum Gasteiger partial charge on any atom is 0.192 e. The van der Waals surface area contributed by atoms with E-state index in [0.717, 1.165) is 24.1 Å². The second-order valence-corrected chi connectivity index (χ2v) is 13.1. The molecule has 1 aliphatic carbocycles. The van der Waals surface area contributed by atoms with Crippen LogP contribution in [0.25, 0.3) is 10.9 Å². The van der Waals surface area contributed by atoms with Crippen LogP contribution in [0.4, 0.5) is 0 Å². The van der Waals surface area contributed by atoms with Gasteiger partial charge < -0.3 is 9.16 Å². The highest BCUT2D eigenvalue weighted by Crippen LogP contribution is 2.44. The summed E-state index contributed by atoms with van der Waals surface area (Å²) in [5.74, 6) is 0.884. The summed E-state index contributed by atoms with van der Waals surface area (Å²) < 4.78 is 12.3. The molecule has 1 unspecified atom stereocenters. The summed E-state index contributed by atoms with van der Waals surface area (Å²) in [4.78, 5) is 4.65. The molecule has 0 saturated heterocycles. The standard InChI is InChI=1S/C20H29NO2Si/c1-20(2,3)24(5,6)23-18-9-7-8-14-13-21-17-11-10-15(22-4)12-16(17)19(14)18/h10-13,18H,7-9H2,1-6H3. The molecule has 0 aliphatic heterocycles. The maximum absolute atomic E-state index is 6.82. The summed E-state index contributed by atoms with van der Waals surface area (Å²) in [5.41, 5.74) is 3.71. The Labute approximate surface area is 146 Å². The highest BCUT2D eigenvalue weighted by Gasteiger charge is 2.40. The number of hydrogen-bond donors (Lipinski definition) is 0. The van der Waals surface area contributed by atoms with E-state index in [1.807, 2.05) is 18.3 Å². The molecule has 1 aliphatic rings. The third-order valence-corrected chi connectivity index (χ3v) is 10.2. The first-order chi connectivity index (χ1) is 11.2. The molecule has 0 N–H and O–H groups in total. The minimum atomic E-state index is -1.82. The molecule has 2 aromatic rings. The van der Waals surface area contributed by atoms with Crippen molar-refractivity contribution in [1.29, 1.82) is 0 Å². The predicted octanol–water partition coefficient (Wildman–Crippen LogP) is 5.64. The van der Waals surface area contributed by atoms with Gasteiger partial charge >= 0.3 is 0 Å². The van der Waals surface area contributed by atoms with E-state index in [0.29, 0.717) is 0 Å². The van der Waals surface area contributed by atoms with Crippen molar-refractivity contribution in [1.82, 2.24) is 4.98 Å². The Bertz CT molecular complexity index is 744. The molecule has 1 atom stereocenters. The zero-order valence-electron chi connectivity index (χ0n) is 15.8. The Hall–Kier alpha value is -1.39. The first-order valence-electron chi connectivity index (χ1n) is 8.86. The second kappa shape index (κ2) is 6.16. The fraction of sp³-hybridized carbons (Fsp3) is 0.550. The van der Waals surface area contributed by atoms with Crippen molar-refractivity contribution >= 4 is 19.2 Å². The SMILES string of the molecule is COc1ccc2ncc3c(c2c1)C(O[Si](C)(C)C(C)(C)C)CCC3. The van der Waals surface area contributed by atoms with Gasteiger partial charge in [0.25, 0.3) is 0 Å². The molecule has 0 spiro atoms. The molecule has 3 nitrogen and oxygen atoms in total. The van der Waals surface area contributed by atoms with Crippen LogP contribution < -0.4 is 4.74 Å². The summed E-state index contributed by atoms with van der Waals surface area (Å²) in [6.45, 7) is 11.6. The Kier molecular flexibility index (Phi) is 4.47. The Balaban J connectivity index is 2.10. The summed E-state index contributed by atoms with van der Waals surface area (Å²) >= 11 is 0. The number of benzene rings is 1. The van der Waals surface area contributed by atoms with Crippen LogP contribution in [0.3, 0.4) is 0 Å². The molecule has 0 bridgehead atoms. The molecular weight excluding hydrogens is 314 g/mol. The average Bonchev–Trinajstić information content (AvgIpc) is 2.52. The number of hydrogen-bond acceptors (Lipinski definition) is 3. The van der Waals surface area contributed by atoms with Gasteiger partial charge in [-0.3, -0.25) is 4.98 Å². The summed E-state index contributed by atoms with van der Waals surface area (Å²) in [7, 11) is -0.106. The Morgan fingerprint density at radius 3 is 2.62 bits per heavy atom. The number of aryl methyl sites for hydroxylation is 1. The molecule has 0 amide bonds. The van der Waals surface area contributed by atoms with Crippen molar-refractivity contribution < 1.29 is 9.16 Å². The van der Waals surface area contributed by atoms with Crippen molar-refractivity contribution in [3.8, 4) is 5.75 Å². The summed E-state index contributed by atoms with van der Waals surface area (Å²) in [5, 5.41) is 1.40. The summed E-state index contributed by atoms with van der Waals surface area (Å²) in [6.07, 6.45) is 5.57. The lowest BCUT2D eigenvalue weighted by Gasteiger charge is -2.41. The topological polar surface area (TPSA) is 31.4 Å². The smallest absolute Gasteiger partial charge is 0.192 e. The highest BCUT2D eigenvalue weighted by molar-refractivity contribution is 6.74. The van der Waals surface area contributed by atoms with Gasteiger partial charge in [-0.15, -0.1) is 0 Å². The van der Waals surface area contributed by atoms with Crippen LogP contribution >= 0.6 is 0 Å². The zero-order valence-corrected chi connectivity index (χ0v) is 16.8. The highest BCUT2D eigenvalue weighted by atomic mass is 28.4. The predicted molar refractivity (Wildman–Crippen MR) is 102 cm³/mol. The van der Waals surface area contributed by atoms with Crippen LogP contribution in [0.1, 0.15) is 50.8 Å². The van der Waals surface area contributed by atoms with E-state index in [1.165, 1.54) is 22.9 Å². The molecule has 1 aromatic carbocycles. The molecule has 1 heterocycles. The van der Waals surface area contributed by atoms with Gasteiger partial charge in [0.15, 0.2) is 8.32 Å². The molecule has 0 saturated carbocycles. The number of rotatable bonds is 3. The molecular formula is C20H29NO2Si. The van der Waals surface area contributed by atoms with Crippen LogP contribution in [0.5, 0.6) is 5.75 Å². The van der Waals surface area contributed by atoms with Crippen molar-refractivity contribution in [3.05, 3.63) is 35.5 Å². The number of aromatic nitrogens is 1. The minimum Gasteiger partial charge on any atom is -0.497 e. The molecule has 24 heavy (non-hydrogen) atoms. The van der Waals surface area contributed by atoms with Gasteiger partial charge in [0, 0.05) is 11.6 Å². The Morgan fingerprint density at radius 2 is 1.96 bits per heavy atom. The van der Waals surface area contributed by atoms with Crippen LogP contribution in [0, 0.1) is 0 Å². The molecule has 4 heteroatoms. The quantitative estimate of drug-likeness (QED) is 0.676. The number of methoxy groups -OCH3 is 1. The third-order valence-electron chi connectivity index (χ3n) is 5.68. The van der Waals surface area contributed by atoms with Gasteiger partial charge in [0.05, 0.1) is 18.7 Å². The lowest BCUT2D eigenvalue weighted by Crippen LogP contribution is -2.42. The molecule has 3 rings (SSSR count). The van der Waals surface area contributed by atoms with E-state index < -0.39 is 8.32 Å². The first kappa shape index (κ1) is 17.4. The molecule has 0 fully saturated rings. The van der Waals surface area contributed by atoms with Crippen LogP contribution in [-0.2, 0) is 10.8 Å². The van der Waals surface area contributed by atoms with Crippen LogP contribution in [0.2, 0.25) is 18.1 Å². The minimum absolute atomic E-state index is 0.173. The number of fused-ring (bicyclic) bond motifs is 3. The molecule has 130 valence electrons. The van der Waals surface area contributed by atoms with Crippen molar-refractivity contribution in [2.45, 2.75) is 64.3 Å². The Morgan fingerprint density at radius 1 is 1.21 bits per heavy atom. The van der Waals surface area contributed by atoms with E-state index >= 15 is 0 Å². The van der Waals surface area contributed by atoms with Gasteiger partial charge in [0.1, 0.15) is 5.75 Å². The van der Waals surface area contributed by atoms with E-state index in [2.05, 4.69) is 44.9 Å². The van der Waals surface area contributed by atoms with Gasteiger partial charge in [-0.25, -0.2) is 0 Å².